The lowest BCUT2D eigenvalue weighted by molar-refractivity contribution is 0.329. The van der Waals surface area contributed by atoms with Crippen molar-refractivity contribution in [3.63, 3.8) is 0 Å². The van der Waals surface area contributed by atoms with Crippen molar-refractivity contribution >= 4 is 0 Å². The molecule has 2 unspecified atom stereocenters. The number of nitrogens with one attached hydrogen (secondary N) is 2. The Labute approximate surface area is 88.8 Å². The van der Waals surface area contributed by atoms with Crippen molar-refractivity contribution in [1.29, 1.82) is 0 Å². The van der Waals surface area contributed by atoms with E-state index in [4.69, 9.17) is 0 Å². The van der Waals surface area contributed by atoms with Gasteiger partial charge in [-0.25, -0.2) is 0 Å². The van der Waals surface area contributed by atoms with Gasteiger partial charge in [0.05, 0.1) is 0 Å². The predicted molar refractivity (Wildman–Crippen MR) is 62.6 cm³/mol. The molecule has 0 radical (unpaired) electrons. The topological polar surface area (TPSA) is 24.1 Å². The van der Waals surface area contributed by atoms with Crippen LogP contribution in [-0.4, -0.2) is 25.2 Å². The van der Waals surface area contributed by atoms with Crippen molar-refractivity contribution in [3.05, 3.63) is 0 Å². The van der Waals surface area contributed by atoms with Gasteiger partial charge in [0.1, 0.15) is 0 Å². The molecule has 14 heavy (non-hydrogen) atoms. The zero-order chi connectivity index (χ0) is 10.4. The largest absolute Gasteiger partial charge is 0.313 e. The van der Waals surface area contributed by atoms with Gasteiger partial charge in [-0.1, -0.05) is 27.2 Å². The lowest BCUT2D eigenvalue weighted by Crippen LogP contribution is -2.45. The lowest BCUT2D eigenvalue weighted by Gasteiger charge is -2.27. The van der Waals surface area contributed by atoms with Gasteiger partial charge in [-0.05, 0) is 31.7 Å². The monoisotopic (exact) mass is 198 g/mol. The Morgan fingerprint density at radius 1 is 1.36 bits per heavy atom. The summed E-state index contributed by atoms with van der Waals surface area (Å²) in [5, 5.41) is 7.25. The molecule has 2 N–H and O–H groups in total. The van der Waals surface area contributed by atoms with Crippen molar-refractivity contribution in [3.8, 4) is 0 Å². The van der Waals surface area contributed by atoms with Crippen LogP contribution in [0.1, 0.15) is 46.5 Å². The highest BCUT2D eigenvalue weighted by Crippen LogP contribution is 2.09. The molecule has 0 aliphatic carbocycles. The van der Waals surface area contributed by atoms with E-state index in [1.807, 2.05) is 0 Å². The molecule has 0 saturated carbocycles. The maximum absolute atomic E-state index is 3.68. The second kappa shape index (κ2) is 6.41. The van der Waals surface area contributed by atoms with Crippen LogP contribution in [-0.2, 0) is 0 Å². The maximum Gasteiger partial charge on any atom is 0.0192 e. The van der Waals surface area contributed by atoms with Crippen LogP contribution in [0.25, 0.3) is 0 Å². The van der Waals surface area contributed by atoms with Crippen LogP contribution in [0, 0.1) is 5.92 Å². The van der Waals surface area contributed by atoms with Gasteiger partial charge in [0.25, 0.3) is 0 Å². The van der Waals surface area contributed by atoms with Gasteiger partial charge in [0, 0.05) is 18.6 Å². The third-order valence-corrected chi connectivity index (χ3v) is 3.28. The zero-order valence-electron chi connectivity index (χ0n) is 9.97. The van der Waals surface area contributed by atoms with Crippen molar-refractivity contribution in [2.45, 2.75) is 58.5 Å². The highest BCUT2D eigenvalue weighted by atomic mass is 15.0. The van der Waals surface area contributed by atoms with E-state index in [2.05, 4.69) is 31.4 Å². The SMILES string of the molecule is CCC(NCC1CCCCN1)C(C)C. The molecular weight excluding hydrogens is 172 g/mol. The molecule has 1 aliphatic rings. The van der Waals surface area contributed by atoms with E-state index in [1.54, 1.807) is 0 Å². The smallest absolute Gasteiger partial charge is 0.0192 e. The van der Waals surface area contributed by atoms with E-state index in [1.165, 1.54) is 32.2 Å². The van der Waals surface area contributed by atoms with E-state index in [0.717, 1.165) is 18.5 Å². The number of hydrogen-bond acceptors (Lipinski definition) is 2. The fourth-order valence-corrected chi connectivity index (χ4v) is 2.24. The molecular formula is C12H26N2. The van der Waals surface area contributed by atoms with Gasteiger partial charge in [0.15, 0.2) is 0 Å². The molecule has 0 spiro atoms. The van der Waals surface area contributed by atoms with Crippen LogP contribution < -0.4 is 10.6 Å². The summed E-state index contributed by atoms with van der Waals surface area (Å²) in [4.78, 5) is 0. The van der Waals surface area contributed by atoms with Crippen molar-refractivity contribution in [1.82, 2.24) is 10.6 Å². The quantitative estimate of drug-likeness (QED) is 0.707. The maximum atomic E-state index is 3.68. The molecule has 1 aliphatic heterocycles. The van der Waals surface area contributed by atoms with E-state index in [-0.39, 0.29) is 0 Å². The lowest BCUT2D eigenvalue weighted by atomic mass is 10.00. The molecule has 1 rings (SSSR count). The summed E-state index contributed by atoms with van der Waals surface area (Å²) in [6.07, 6.45) is 5.35. The fourth-order valence-electron chi connectivity index (χ4n) is 2.24. The van der Waals surface area contributed by atoms with Gasteiger partial charge in [-0.3, -0.25) is 0 Å². The summed E-state index contributed by atoms with van der Waals surface area (Å²) >= 11 is 0. The van der Waals surface area contributed by atoms with Gasteiger partial charge < -0.3 is 10.6 Å². The molecule has 2 heteroatoms. The molecule has 2 atom stereocenters. The normalized spacial score (nSPS) is 25.3. The Bertz CT molecular complexity index is 139. The molecule has 0 aromatic carbocycles. The first-order valence-corrected chi connectivity index (χ1v) is 6.20. The van der Waals surface area contributed by atoms with E-state index >= 15 is 0 Å². The molecule has 84 valence electrons. The van der Waals surface area contributed by atoms with Gasteiger partial charge in [0.2, 0.25) is 0 Å². The van der Waals surface area contributed by atoms with E-state index in [9.17, 15) is 0 Å². The van der Waals surface area contributed by atoms with E-state index < -0.39 is 0 Å². The van der Waals surface area contributed by atoms with Crippen LogP contribution in [0.3, 0.4) is 0 Å². The summed E-state index contributed by atoms with van der Waals surface area (Å²) in [5.74, 6) is 0.753. The second-order valence-electron chi connectivity index (χ2n) is 4.81. The van der Waals surface area contributed by atoms with Crippen LogP contribution in [0.2, 0.25) is 0 Å². The van der Waals surface area contributed by atoms with Crippen LogP contribution in [0.5, 0.6) is 0 Å². The summed E-state index contributed by atoms with van der Waals surface area (Å²) < 4.78 is 0. The average molecular weight is 198 g/mol. The van der Waals surface area contributed by atoms with Crippen LogP contribution >= 0.6 is 0 Å². The molecule has 1 heterocycles. The molecule has 2 nitrogen and oxygen atoms in total. The fraction of sp³-hybridized carbons (Fsp3) is 1.00. The summed E-state index contributed by atoms with van der Waals surface area (Å²) in [5.41, 5.74) is 0. The number of piperidine rings is 1. The first-order valence-electron chi connectivity index (χ1n) is 6.20. The second-order valence-corrected chi connectivity index (χ2v) is 4.81. The Morgan fingerprint density at radius 2 is 2.14 bits per heavy atom. The third kappa shape index (κ3) is 3.97. The zero-order valence-corrected chi connectivity index (χ0v) is 9.97. The molecule has 1 fully saturated rings. The van der Waals surface area contributed by atoms with Crippen molar-refractivity contribution < 1.29 is 0 Å². The third-order valence-electron chi connectivity index (χ3n) is 3.28. The molecule has 0 bridgehead atoms. The van der Waals surface area contributed by atoms with Gasteiger partial charge in [-0.2, -0.15) is 0 Å². The standard InChI is InChI=1S/C12H26N2/c1-4-12(10(2)3)14-9-11-7-5-6-8-13-11/h10-14H,4-9H2,1-3H3. The molecule has 0 aromatic rings. The minimum absolute atomic E-state index is 0.693. The first kappa shape index (κ1) is 12.0. The average Bonchev–Trinajstić information content (AvgIpc) is 2.20. The Balaban J connectivity index is 2.16. The number of hydrogen-bond donors (Lipinski definition) is 2. The minimum Gasteiger partial charge on any atom is -0.313 e. The first-order chi connectivity index (χ1) is 6.74. The summed E-state index contributed by atoms with van der Waals surface area (Å²) in [6, 6.07) is 1.41. The van der Waals surface area contributed by atoms with E-state index in [0.29, 0.717) is 6.04 Å². The van der Waals surface area contributed by atoms with Crippen LogP contribution in [0.4, 0.5) is 0 Å². The van der Waals surface area contributed by atoms with Crippen molar-refractivity contribution in [2.75, 3.05) is 13.1 Å². The summed E-state index contributed by atoms with van der Waals surface area (Å²) in [7, 11) is 0. The Morgan fingerprint density at radius 3 is 2.64 bits per heavy atom. The predicted octanol–water partition coefficient (Wildman–Crippen LogP) is 2.15. The minimum atomic E-state index is 0.693. The highest BCUT2D eigenvalue weighted by molar-refractivity contribution is 4.77. The van der Waals surface area contributed by atoms with Crippen molar-refractivity contribution in [2.24, 2.45) is 5.92 Å². The van der Waals surface area contributed by atoms with Gasteiger partial charge in [-0.15, -0.1) is 0 Å². The Hall–Kier alpha value is -0.0800. The number of rotatable bonds is 5. The Kier molecular flexibility index (Phi) is 5.49. The highest BCUT2D eigenvalue weighted by Gasteiger charge is 2.15. The molecule has 0 aromatic heterocycles. The summed E-state index contributed by atoms with van der Waals surface area (Å²) in [6.45, 7) is 9.23. The molecule has 0 amide bonds. The van der Waals surface area contributed by atoms with Gasteiger partial charge >= 0.3 is 0 Å². The van der Waals surface area contributed by atoms with Crippen LogP contribution in [0.15, 0.2) is 0 Å². The molecule has 1 saturated heterocycles.